The molecule has 1 aliphatic rings. The summed E-state index contributed by atoms with van der Waals surface area (Å²) in [5.41, 5.74) is 1.85. The van der Waals surface area contributed by atoms with Gasteiger partial charge in [0.25, 0.3) is 0 Å². The highest BCUT2D eigenvalue weighted by Gasteiger charge is 2.22. The molecular weight excluding hydrogens is 404 g/mol. The van der Waals surface area contributed by atoms with E-state index in [4.69, 9.17) is 9.73 Å². The number of hydrogen-bond donors (Lipinski definition) is 4. The Morgan fingerprint density at radius 2 is 1.78 bits per heavy atom. The van der Waals surface area contributed by atoms with Crippen LogP contribution in [0.5, 0.6) is 0 Å². The van der Waals surface area contributed by atoms with Gasteiger partial charge in [0, 0.05) is 44.0 Å². The number of aliphatic imine (C=N–C) groups is 1. The summed E-state index contributed by atoms with van der Waals surface area (Å²) >= 11 is 0. The van der Waals surface area contributed by atoms with Crippen molar-refractivity contribution in [2.24, 2.45) is 10.9 Å². The second-order valence-electron chi connectivity index (χ2n) is 8.96. The van der Waals surface area contributed by atoms with Gasteiger partial charge in [-0.05, 0) is 50.8 Å². The molecule has 4 N–H and O–H groups in total. The largest absolute Gasteiger partial charge is 0.379 e. The fourth-order valence-corrected chi connectivity index (χ4v) is 3.70. The molecule has 8 nitrogen and oxygen atoms in total. The zero-order valence-corrected chi connectivity index (χ0v) is 20.4. The summed E-state index contributed by atoms with van der Waals surface area (Å²) in [6.45, 7) is 16.3. The van der Waals surface area contributed by atoms with Gasteiger partial charge in [0.15, 0.2) is 5.96 Å². The molecule has 8 heteroatoms. The number of carbonyl (C=O) groups is 1. The number of hydrogen-bond acceptors (Lipinski definition) is 4. The van der Waals surface area contributed by atoms with Crippen LogP contribution in [-0.2, 0) is 11.3 Å². The molecule has 1 aliphatic heterocycles. The lowest BCUT2D eigenvalue weighted by molar-refractivity contribution is 0.0132. The molecule has 180 valence electrons. The zero-order chi connectivity index (χ0) is 23.3. The molecule has 0 bridgehead atoms. The number of urea groups is 1. The molecule has 1 aromatic rings. The summed E-state index contributed by atoms with van der Waals surface area (Å²) in [6.07, 6.45) is 1.14. The lowest BCUT2D eigenvalue weighted by atomic mass is 10.0. The highest BCUT2D eigenvalue weighted by atomic mass is 16.5. The van der Waals surface area contributed by atoms with E-state index in [0.29, 0.717) is 18.5 Å². The maximum atomic E-state index is 11.8. The summed E-state index contributed by atoms with van der Waals surface area (Å²) < 4.78 is 5.53. The van der Waals surface area contributed by atoms with Crippen molar-refractivity contribution < 1.29 is 9.53 Å². The molecule has 1 fully saturated rings. The van der Waals surface area contributed by atoms with E-state index < -0.39 is 0 Å². The lowest BCUT2D eigenvalue weighted by Crippen LogP contribution is -2.51. The molecule has 1 aromatic carbocycles. The number of anilines is 1. The number of rotatable bonds is 10. The maximum absolute atomic E-state index is 11.8. The molecule has 0 spiro atoms. The van der Waals surface area contributed by atoms with E-state index in [0.717, 1.165) is 63.0 Å². The van der Waals surface area contributed by atoms with E-state index in [2.05, 4.69) is 46.9 Å². The Bertz CT molecular complexity index is 699. The summed E-state index contributed by atoms with van der Waals surface area (Å²) in [6, 6.07) is 8.17. The van der Waals surface area contributed by atoms with E-state index in [1.54, 1.807) is 0 Å². The highest BCUT2D eigenvalue weighted by Crippen LogP contribution is 2.13. The van der Waals surface area contributed by atoms with Gasteiger partial charge in [-0.25, -0.2) is 9.79 Å². The van der Waals surface area contributed by atoms with Crippen molar-refractivity contribution >= 4 is 17.7 Å². The molecular formula is C24H42N6O2. The molecule has 1 saturated heterocycles. The Hall–Kier alpha value is -2.32. The Morgan fingerprint density at radius 3 is 2.38 bits per heavy atom. The van der Waals surface area contributed by atoms with Crippen LogP contribution in [-0.4, -0.2) is 68.4 Å². The van der Waals surface area contributed by atoms with Gasteiger partial charge < -0.3 is 26.0 Å². The van der Waals surface area contributed by atoms with Gasteiger partial charge in [0.1, 0.15) is 0 Å². The van der Waals surface area contributed by atoms with Crippen LogP contribution >= 0.6 is 0 Å². The van der Waals surface area contributed by atoms with Crippen molar-refractivity contribution in [1.82, 2.24) is 20.9 Å². The molecule has 1 heterocycles. The maximum Gasteiger partial charge on any atom is 0.319 e. The Labute approximate surface area is 193 Å². The summed E-state index contributed by atoms with van der Waals surface area (Å²) in [4.78, 5) is 19.1. The predicted molar refractivity (Wildman–Crippen MR) is 132 cm³/mol. The molecule has 0 saturated carbocycles. The van der Waals surface area contributed by atoms with Gasteiger partial charge >= 0.3 is 6.03 Å². The normalized spacial score (nSPS) is 16.2. The highest BCUT2D eigenvalue weighted by molar-refractivity contribution is 5.89. The van der Waals surface area contributed by atoms with Crippen molar-refractivity contribution in [3.05, 3.63) is 29.8 Å². The van der Waals surface area contributed by atoms with Crippen LogP contribution < -0.4 is 21.3 Å². The first-order valence-electron chi connectivity index (χ1n) is 11.9. The minimum atomic E-state index is -0.194. The number of ether oxygens (including phenoxy) is 1. The minimum Gasteiger partial charge on any atom is -0.379 e. The van der Waals surface area contributed by atoms with Crippen molar-refractivity contribution in [3.63, 3.8) is 0 Å². The van der Waals surface area contributed by atoms with Crippen LogP contribution in [0, 0.1) is 5.92 Å². The summed E-state index contributed by atoms with van der Waals surface area (Å²) in [5, 5.41) is 12.6. The Balaban J connectivity index is 1.92. The fraction of sp³-hybridized carbons (Fsp3) is 0.667. The van der Waals surface area contributed by atoms with Crippen LogP contribution in [0.15, 0.2) is 29.3 Å². The van der Waals surface area contributed by atoms with Crippen LogP contribution in [0.2, 0.25) is 0 Å². The number of carbonyl (C=O) groups excluding carboxylic acids is 1. The van der Waals surface area contributed by atoms with Crippen molar-refractivity contribution in [3.8, 4) is 0 Å². The van der Waals surface area contributed by atoms with Gasteiger partial charge in [-0.1, -0.05) is 26.0 Å². The number of guanidine groups is 1. The van der Waals surface area contributed by atoms with E-state index in [1.165, 1.54) is 0 Å². The van der Waals surface area contributed by atoms with Gasteiger partial charge in [-0.15, -0.1) is 0 Å². The van der Waals surface area contributed by atoms with Gasteiger partial charge in [-0.3, -0.25) is 4.90 Å². The first-order chi connectivity index (χ1) is 15.4. The molecule has 1 unspecified atom stereocenters. The standard InChI is InChI=1S/C24H42N6O2/c1-6-25-23(27-17-22(15-18(2)3)30-11-13-32-14-12-30)26-16-20-7-9-21(10-8-20)29-24(31)28-19(4)5/h7-10,18-19,22H,6,11-17H2,1-5H3,(H2,25,26,27)(H2,28,29,31). The third-order valence-electron chi connectivity index (χ3n) is 5.21. The van der Waals surface area contributed by atoms with Gasteiger partial charge in [0.2, 0.25) is 0 Å². The molecule has 2 amide bonds. The second kappa shape index (κ2) is 14.0. The molecule has 1 atom stereocenters. The molecule has 0 aromatic heterocycles. The van der Waals surface area contributed by atoms with Crippen molar-refractivity contribution in [1.29, 1.82) is 0 Å². The molecule has 32 heavy (non-hydrogen) atoms. The third-order valence-corrected chi connectivity index (χ3v) is 5.21. The molecule has 2 rings (SSSR count). The number of amides is 2. The fourth-order valence-electron chi connectivity index (χ4n) is 3.70. The number of nitrogens with zero attached hydrogens (tertiary/aromatic N) is 2. The quantitative estimate of drug-likeness (QED) is 0.328. The van der Waals surface area contributed by atoms with E-state index in [9.17, 15) is 4.79 Å². The summed E-state index contributed by atoms with van der Waals surface area (Å²) in [5.74, 6) is 1.46. The molecule has 0 radical (unpaired) electrons. The first kappa shape index (κ1) is 25.9. The van der Waals surface area contributed by atoms with E-state index in [1.807, 2.05) is 38.1 Å². The zero-order valence-electron chi connectivity index (χ0n) is 20.4. The molecule has 0 aliphatic carbocycles. The number of benzene rings is 1. The summed E-state index contributed by atoms with van der Waals surface area (Å²) in [7, 11) is 0. The average Bonchev–Trinajstić information content (AvgIpc) is 2.75. The SMILES string of the molecule is CCNC(=NCc1ccc(NC(=O)NC(C)C)cc1)NCC(CC(C)C)N1CCOCC1. The van der Waals surface area contributed by atoms with Crippen LogP contribution in [0.25, 0.3) is 0 Å². The van der Waals surface area contributed by atoms with Gasteiger partial charge in [0.05, 0.1) is 19.8 Å². The van der Waals surface area contributed by atoms with Crippen LogP contribution in [0.4, 0.5) is 10.5 Å². The first-order valence-corrected chi connectivity index (χ1v) is 11.9. The Morgan fingerprint density at radius 1 is 1.09 bits per heavy atom. The van der Waals surface area contributed by atoms with E-state index in [-0.39, 0.29) is 12.1 Å². The number of nitrogens with one attached hydrogen (secondary N) is 4. The third kappa shape index (κ3) is 9.87. The van der Waals surface area contributed by atoms with Crippen molar-refractivity contribution in [2.75, 3.05) is 44.7 Å². The van der Waals surface area contributed by atoms with E-state index >= 15 is 0 Å². The van der Waals surface area contributed by atoms with Gasteiger partial charge in [-0.2, -0.15) is 0 Å². The van der Waals surface area contributed by atoms with Crippen LogP contribution in [0.3, 0.4) is 0 Å². The lowest BCUT2D eigenvalue weighted by Gasteiger charge is -2.35. The average molecular weight is 447 g/mol. The monoisotopic (exact) mass is 446 g/mol. The van der Waals surface area contributed by atoms with Crippen molar-refractivity contribution in [2.45, 2.75) is 59.7 Å². The second-order valence-corrected chi connectivity index (χ2v) is 8.96. The Kier molecular flexibility index (Phi) is 11.3. The minimum absolute atomic E-state index is 0.101. The number of morpholine rings is 1. The topological polar surface area (TPSA) is 90.0 Å². The predicted octanol–water partition coefficient (Wildman–Crippen LogP) is 3.02. The van der Waals surface area contributed by atoms with Crippen LogP contribution in [0.1, 0.15) is 46.6 Å². The smallest absolute Gasteiger partial charge is 0.319 e.